The molecule has 1 aliphatic rings. The van der Waals surface area contributed by atoms with E-state index in [0.29, 0.717) is 6.42 Å². The van der Waals surface area contributed by atoms with E-state index in [9.17, 15) is 4.79 Å². The lowest BCUT2D eigenvalue weighted by Crippen LogP contribution is -2.24. The molecule has 23 heavy (non-hydrogen) atoms. The topological polar surface area (TPSA) is 56.1 Å². The van der Waals surface area contributed by atoms with Crippen LogP contribution < -0.4 is 10.1 Å². The lowest BCUT2D eigenvalue weighted by atomic mass is 9.92. The van der Waals surface area contributed by atoms with Crippen LogP contribution in [0.5, 0.6) is 5.75 Å². The fourth-order valence-corrected chi connectivity index (χ4v) is 3.63. The van der Waals surface area contributed by atoms with Crippen molar-refractivity contribution in [2.45, 2.75) is 12.3 Å². The first-order valence-electron chi connectivity index (χ1n) is 7.30. The molecule has 5 nitrogen and oxygen atoms in total. The second-order valence-corrected chi connectivity index (χ2v) is 6.19. The molecule has 4 rings (SSSR count). The number of fused-ring (bicyclic) bond motifs is 1. The predicted molar refractivity (Wildman–Crippen MR) is 89.5 cm³/mol. The molecule has 0 spiro atoms. The first kappa shape index (κ1) is 14.0. The number of hydrogen-bond donors (Lipinski definition) is 1. The van der Waals surface area contributed by atoms with Crippen molar-refractivity contribution in [2.24, 2.45) is 0 Å². The molecule has 1 aliphatic heterocycles. The maximum atomic E-state index is 12.2. The van der Waals surface area contributed by atoms with Crippen molar-refractivity contribution in [1.29, 1.82) is 0 Å². The third-order valence-corrected chi connectivity index (χ3v) is 4.75. The number of nitrogens with zero attached hydrogens (tertiary/aromatic N) is 2. The van der Waals surface area contributed by atoms with E-state index in [0.717, 1.165) is 28.5 Å². The van der Waals surface area contributed by atoms with Crippen molar-refractivity contribution >= 4 is 23.1 Å². The molecule has 1 unspecified atom stereocenters. The van der Waals surface area contributed by atoms with E-state index in [1.54, 1.807) is 24.8 Å². The van der Waals surface area contributed by atoms with Gasteiger partial charge in [0.05, 0.1) is 18.5 Å². The van der Waals surface area contributed by atoms with Gasteiger partial charge in [0.15, 0.2) is 0 Å². The summed E-state index contributed by atoms with van der Waals surface area (Å²) in [7, 11) is 1.64. The van der Waals surface area contributed by atoms with Gasteiger partial charge in [-0.05, 0) is 34.5 Å². The zero-order chi connectivity index (χ0) is 15.8. The molecule has 0 saturated heterocycles. The van der Waals surface area contributed by atoms with E-state index in [-0.39, 0.29) is 11.8 Å². The van der Waals surface area contributed by atoms with Crippen molar-refractivity contribution in [3.63, 3.8) is 0 Å². The third kappa shape index (κ3) is 2.41. The van der Waals surface area contributed by atoms with E-state index >= 15 is 0 Å². The lowest BCUT2D eigenvalue weighted by Gasteiger charge is -2.22. The minimum absolute atomic E-state index is 0.0110. The van der Waals surface area contributed by atoms with Crippen LogP contribution in [0.3, 0.4) is 0 Å². The number of benzene rings is 1. The average Bonchev–Trinajstić information content (AvgIpc) is 3.23. The van der Waals surface area contributed by atoms with E-state index in [1.165, 1.54) is 0 Å². The van der Waals surface area contributed by atoms with Gasteiger partial charge in [-0.15, -0.1) is 0 Å². The normalized spacial score (nSPS) is 16.7. The zero-order valence-corrected chi connectivity index (χ0v) is 13.3. The van der Waals surface area contributed by atoms with Crippen LogP contribution >= 0.6 is 11.3 Å². The molecule has 0 radical (unpaired) electrons. The summed E-state index contributed by atoms with van der Waals surface area (Å²) in [5, 5.41) is 7.07. The zero-order valence-electron chi connectivity index (χ0n) is 12.5. The maximum Gasteiger partial charge on any atom is 0.226 e. The summed E-state index contributed by atoms with van der Waals surface area (Å²) < 4.78 is 7.18. The molecule has 116 valence electrons. The Balaban J connectivity index is 1.82. The summed E-state index contributed by atoms with van der Waals surface area (Å²) in [5.41, 5.74) is 2.96. The minimum Gasteiger partial charge on any atom is -0.497 e. The summed E-state index contributed by atoms with van der Waals surface area (Å²) in [4.78, 5) is 16.7. The fraction of sp³-hybridized carbons (Fsp3) is 0.176. The van der Waals surface area contributed by atoms with Crippen LogP contribution in [0.25, 0.3) is 5.69 Å². The van der Waals surface area contributed by atoms with Gasteiger partial charge in [0.2, 0.25) is 5.91 Å². The van der Waals surface area contributed by atoms with Crippen molar-refractivity contribution < 1.29 is 9.53 Å². The number of imidazole rings is 1. The summed E-state index contributed by atoms with van der Waals surface area (Å²) >= 11 is 1.63. The van der Waals surface area contributed by atoms with E-state index in [2.05, 4.69) is 21.7 Å². The van der Waals surface area contributed by atoms with Crippen LogP contribution in [-0.2, 0) is 4.79 Å². The Morgan fingerprint density at radius 3 is 3.09 bits per heavy atom. The number of ether oxygens (including phenoxy) is 1. The Morgan fingerprint density at radius 1 is 1.39 bits per heavy atom. The molecular formula is C17H15N3O2S. The SMILES string of the molecule is COc1cccc(-n2cnc3c2NC(=O)CC3c2ccsc2)c1. The van der Waals surface area contributed by atoms with E-state index < -0.39 is 0 Å². The van der Waals surface area contributed by atoms with Crippen LogP contribution in [0.4, 0.5) is 5.82 Å². The van der Waals surface area contributed by atoms with Gasteiger partial charge >= 0.3 is 0 Å². The molecule has 0 fully saturated rings. The molecule has 0 bridgehead atoms. The molecule has 3 heterocycles. The number of aromatic nitrogens is 2. The van der Waals surface area contributed by atoms with Gasteiger partial charge in [-0.2, -0.15) is 11.3 Å². The summed E-state index contributed by atoms with van der Waals surface area (Å²) in [5.74, 6) is 1.53. The molecule has 6 heteroatoms. The number of carbonyl (C=O) groups is 1. The Labute approximate surface area is 137 Å². The van der Waals surface area contributed by atoms with Crippen LogP contribution in [0, 0.1) is 0 Å². The second-order valence-electron chi connectivity index (χ2n) is 5.41. The number of rotatable bonds is 3. The van der Waals surface area contributed by atoms with Gasteiger partial charge < -0.3 is 10.1 Å². The number of anilines is 1. The standard InChI is InChI=1S/C17H15N3O2S/c1-22-13-4-2-3-12(7-13)20-10-18-16-14(11-5-6-23-9-11)8-15(21)19-17(16)20/h2-7,9-10,14H,8H2,1H3,(H,19,21). The van der Waals surface area contributed by atoms with Gasteiger partial charge in [-0.25, -0.2) is 4.98 Å². The second kappa shape index (κ2) is 5.55. The maximum absolute atomic E-state index is 12.2. The highest BCUT2D eigenvalue weighted by Gasteiger charge is 2.31. The molecule has 2 aromatic heterocycles. The highest BCUT2D eigenvalue weighted by molar-refractivity contribution is 7.08. The Kier molecular flexibility index (Phi) is 3.38. The van der Waals surface area contributed by atoms with Crippen LogP contribution in [0.2, 0.25) is 0 Å². The van der Waals surface area contributed by atoms with Gasteiger partial charge in [0.25, 0.3) is 0 Å². The van der Waals surface area contributed by atoms with E-state index in [1.807, 2.05) is 34.2 Å². The summed E-state index contributed by atoms with van der Waals surface area (Å²) in [6, 6.07) is 9.75. The van der Waals surface area contributed by atoms with Crippen molar-refractivity contribution in [1.82, 2.24) is 9.55 Å². The number of thiophene rings is 1. The van der Waals surface area contributed by atoms with Gasteiger partial charge in [-0.1, -0.05) is 6.07 Å². The minimum atomic E-state index is 0.0110. The van der Waals surface area contributed by atoms with Crippen LogP contribution in [-0.4, -0.2) is 22.6 Å². The monoisotopic (exact) mass is 325 g/mol. The summed E-state index contributed by atoms with van der Waals surface area (Å²) in [6.07, 6.45) is 2.18. The number of amides is 1. The average molecular weight is 325 g/mol. The Bertz CT molecular complexity index is 855. The van der Waals surface area contributed by atoms with Crippen LogP contribution in [0.1, 0.15) is 23.6 Å². The van der Waals surface area contributed by atoms with Gasteiger partial charge in [0, 0.05) is 18.4 Å². The number of methoxy groups -OCH3 is 1. The van der Waals surface area contributed by atoms with Crippen molar-refractivity contribution in [2.75, 3.05) is 12.4 Å². The number of nitrogens with one attached hydrogen (secondary N) is 1. The van der Waals surface area contributed by atoms with Gasteiger partial charge in [0.1, 0.15) is 17.9 Å². The van der Waals surface area contributed by atoms with Crippen molar-refractivity contribution in [3.8, 4) is 11.4 Å². The fourth-order valence-electron chi connectivity index (χ4n) is 2.91. The Hall–Kier alpha value is -2.60. The van der Waals surface area contributed by atoms with Crippen molar-refractivity contribution in [3.05, 3.63) is 58.7 Å². The highest BCUT2D eigenvalue weighted by Crippen LogP contribution is 2.38. The number of hydrogen-bond acceptors (Lipinski definition) is 4. The Morgan fingerprint density at radius 2 is 2.30 bits per heavy atom. The van der Waals surface area contributed by atoms with Crippen LogP contribution in [0.15, 0.2) is 47.4 Å². The molecule has 1 amide bonds. The molecule has 1 aromatic carbocycles. The smallest absolute Gasteiger partial charge is 0.226 e. The third-order valence-electron chi connectivity index (χ3n) is 4.05. The van der Waals surface area contributed by atoms with E-state index in [4.69, 9.17) is 4.74 Å². The molecule has 1 atom stereocenters. The predicted octanol–water partition coefficient (Wildman–Crippen LogP) is 3.42. The first-order valence-corrected chi connectivity index (χ1v) is 8.24. The molecule has 1 N–H and O–H groups in total. The molecule has 3 aromatic rings. The number of carbonyl (C=O) groups excluding carboxylic acids is 1. The summed E-state index contributed by atoms with van der Waals surface area (Å²) in [6.45, 7) is 0. The highest BCUT2D eigenvalue weighted by atomic mass is 32.1. The quantitative estimate of drug-likeness (QED) is 0.803. The molecule has 0 aliphatic carbocycles. The largest absolute Gasteiger partial charge is 0.497 e. The first-order chi connectivity index (χ1) is 11.3. The molecule has 0 saturated carbocycles. The molecular weight excluding hydrogens is 310 g/mol. The van der Waals surface area contributed by atoms with Gasteiger partial charge in [-0.3, -0.25) is 9.36 Å². The lowest BCUT2D eigenvalue weighted by molar-refractivity contribution is -0.116.